The van der Waals surface area contributed by atoms with Crippen LogP contribution in [-0.4, -0.2) is 38.3 Å². The zero-order valence-electron chi connectivity index (χ0n) is 14.8. The molecule has 1 amide bonds. The van der Waals surface area contributed by atoms with Gasteiger partial charge in [0, 0.05) is 18.8 Å². The molecule has 8 heteroatoms. The minimum absolute atomic E-state index is 0.147. The van der Waals surface area contributed by atoms with E-state index in [1.807, 2.05) is 0 Å². The maximum Gasteiger partial charge on any atom is 0.262 e. The van der Waals surface area contributed by atoms with E-state index in [2.05, 4.69) is 5.32 Å². The molecule has 0 aliphatic heterocycles. The van der Waals surface area contributed by atoms with Crippen molar-refractivity contribution in [3.05, 3.63) is 54.3 Å². The van der Waals surface area contributed by atoms with Crippen molar-refractivity contribution < 1.29 is 22.3 Å². The normalized spacial score (nSPS) is 11.6. The third-order valence-electron chi connectivity index (χ3n) is 3.73. The smallest absolute Gasteiger partial charge is 0.262 e. The van der Waals surface area contributed by atoms with Gasteiger partial charge in [-0.2, -0.15) is 4.31 Å². The molecule has 0 aliphatic carbocycles. The number of sulfonamides is 1. The lowest BCUT2D eigenvalue weighted by Crippen LogP contribution is -2.33. The minimum Gasteiger partial charge on any atom is -0.484 e. The molecule has 0 fully saturated rings. The Labute approximate surface area is 152 Å². The van der Waals surface area contributed by atoms with Crippen LogP contribution in [-0.2, 0) is 14.8 Å². The molecule has 2 aromatic carbocycles. The molecule has 1 N–H and O–H groups in total. The van der Waals surface area contributed by atoms with Crippen LogP contribution in [0.25, 0.3) is 0 Å². The summed E-state index contributed by atoms with van der Waals surface area (Å²) in [6, 6.07) is 11.0. The predicted molar refractivity (Wildman–Crippen MR) is 97.1 cm³/mol. The van der Waals surface area contributed by atoms with Crippen LogP contribution < -0.4 is 10.1 Å². The molecule has 140 valence electrons. The number of hydrogen-bond donors (Lipinski definition) is 1. The summed E-state index contributed by atoms with van der Waals surface area (Å²) in [5.41, 5.74) is 0.448. The van der Waals surface area contributed by atoms with Gasteiger partial charge in [0.15, 0.2) is 6.61 Å². The molecule has 26 heavy (non-hydrogen) atoms. The summed E-state index contributed by atoms with van der Waals surface area (Å²) in [7, 11) is -2.05. The van der Waals surface area contributed by atoms with Crippen molar-refractivity contribution >= 4 is 21.6 Å². The molecule has 0 unspecified atom stereocenters. The Kier molecular flexibility index (Phi) is 6.33. The second-order valence-electron chi connectivity index (χ2n) is 5.93. The van der Waals surface area contributed by atoms with E-state index in [1.165, 1.54) is 59.9 Å². The number of benzene rings is 2. The third-order valence-corrected chi connectivity index (χ3v) is 5.77. The van der Waals surface area contributed by atoms with Gasteiger partial charge >= 0.3 is 0 Å². The van der Waals surface area contributed by atoms with Crippen molar-refractivity contribution in [2.24, 2.45) is 0 Å². The zero-order valence-corrected chi connectivity index (χ0v) is 15.6. The number of nitrogens with one attached hydrogen (secondary N) is 1. The highest BCUT2D eigenvalue weighted by molar-refractivity contribution is 7.89. The van der Waals surface area contributed by atoms with Crippen LogP contribution in [0, 0.1) is 5.82 Å². The predicted octanol–water partition coefficient (Wildman–Crippen LogP) is 2.87. The second-order valence-corrected chi connectivity index (χ2v) is 7.93. The van der Waals surface area contributed by atoms with Gasteiger partial charge in [0.1, 0.15) is 11.6 Å². The van der Waals surface area contributed by atoms with Crippen molar-refractivity contribution in [2.75, 3.05) is 19.0 Å². The molecule has 2 rings (SSSR count). The van der Waals surface area contributed by atoms with Crippen molar-refractivity contribution in [3.8, 4) is 5.75 Å². The lowest BCUT2D eigenvalue weighted by molar-refractivity contribution is -0.118. The van der Waals surface area contributed by atoms with Crippen LogP contribution in [0.3, 0.4) is 0 Å². The van der Waals surface area contributed by atoms with Crippen molar-refractivity contribution in [1.29, 1.82) is 0 Å². The molecule has 0 atom stereocenters. The van der Waals surface area contributed by atoms with Gasteiger partial charge < -0.3 is 10.1 Å². The fourth-order valence-electron chi connectivity index (χ4n) is 2.03. The van der Waals surface area contributed by atoms with Crippen LogP contribution in [0.15, 0.2) is 53.4 Å². The summed E-state index contributed by atoms with van der Waals surface area (Å²) >= 11 is 0. The van der Waals surface area contributed by atoms with E-state index in [9.17, 15) is 17.6 Å². The molecule has 0 spiro atoms. The molecule has 0 saturated carbocycles. The molecule has 0 saturated heterocycles. The second kappa shape index (κ2) is 8.29. The number of halogens is 1. The highest BCUT2D eigenvalue weighted by Crippen LogP contribution is 2.19. The number of rotatable bonds is 7. The van der Waals surface area contributed by atoms with Crippen LogP contribution in [0.5, 0.6) is 5.75 Å². The van der Waals surface area contributed by atoms with Crippen molar-refractivity contribution in [3.63, 3.8) is 0 Å². The first-order valence-electron chi connectivity index (χ1n) is 7.96. The van der Waals surface area contributed by atoms with Gasteiger partial charge in [0.05, 0.1) is 4.90 Å². The largest absolute Gasteiger partial charge is 0.484 e. The maximum atomic E-state index is 12.8. The van der Waals surface area contributed by atoms with Gasteiger partial charge in [-0.25, -0.2) is 12.8 Å². The lowest BCUT2D eigenvalue weighted by atomic mass is 10.3. The Bertz CT molecular complexity index is 850. The highest BCUT2D eigenvalue weighted by atomic mass is 32.2. The Hall–Kier alpha value is -2.45. The monoisotopic (exact) mass is 380 g/mol. The summed E-state index contributed by atoms with van der Waals surface area (Å²) in [5, 5.41) is 2.61. The standard InChI is InChI=1S/C18H21FN2O4S/c1-13(2)21(3)26(23,24)17-10-6-15(7-11-17)20-18(22)12-25-16-8-4-14(19)5-9-16/h4-11,13H,12H2,1-3H3,(H,20,22). The topological polar surface area (TPSA) is 75.7 Å². The van der Waals surface area contributed by atoms with E-state index in [1.54, 1.807) is 13.8 Å². The van der Waals surface area contributed by atoms with E-state index in [0.29, 0.717) is 11.4 Å². The Morgan fingerprint density at radius 3 is 2.23 bits per heavy atom. The van der Waals surface area contributed by atoms with E-state index >= 15 is 0 Å². The molecule has 0 aliphatic rings. The quantitative estimate of drug-likeness (QED) is 0.801. The first-order valence-corrected chi connectivity index (χ1v) is 9.40. The first kappa shape index (κ1) is 19.9. The maximum absolute atomic E-state index is 12.8. The summed E-state index contributed by atoms with van der Waals surface area (Å²) < 4.78 is 44.1. The number of carbonyl (C=O) groups is 1. The molecule has 6 nitrogen and oxygen atoms in total. The van der Waals surface area contributed by atoms with Crippen LogP contribution in [0.2, 0.25) is 0 Å². The number of anilines is 1. The molecule has 2 aromatic rings. The van der Waals surface area contributed by atoms with E-state index in [4.69, 9.17) is 4.74 Å². The minimum atomic E-state index is -3.57. The van der Waals surface area contributed by atoms with Gasteiger partial charge in [0.2, 0.25) is 10.0 Å². The summed E-state index contributed by atoms with van der Waals surface area (Å²) in [5.74, 6) is -0.427. The number of carbonyl (C=O) groups excluding carboxylic acids is 1. The zero-order chi connectivity index (χ0) is 19.3. The molecular weight excluding hydrogens is 359 g/mol. The number of ether oxygens (including phenoxy) is 1. The number of amides is 1. The average molecular weight is 380 g/mol. The fourth-order valence-corrected chi connectivity index (χ4v) is 3.40. The first-order chi connectivity index (χ1) is 12.2. The van der Waals surface area contributed by atoms with Crippen LogP contribution in [0.1, 0.15) is 13.8 Å². The van der Waals surface area contributed by atoms with E-state index in [0.717, 1.165) is 0 Å². The highest BCUT2D eigenvalue weighted by Gasteiger charge is 2.22. The van der Waals surface area contributed by atoms with Gasteiger partial charge in [-0.05, 0) is 62.4 Å². The van der Waals surface area contributed by atoms with Gasteiger partial charge in [0.25, 0.3) is 5.91 Å². The van der Waals surface area contributed by atoms with E-state index < -0.39 is 15.9 Å². The third kappa shape index (κ3) is 5.03. The Morgan fingerprint density at radius 1 is 1.12 bits per heavy atom. The Balaban J connectivity index is 1.96. The summed E-state index contributed by atoms with van der Waals surface area (Å²) in [6.07, 6.45) is 0. The van der Waals surface area contributed by atoms with Gasteiger partial charge in [-0.3, -0.25) is 4.79 Å². The van der Waals surface area contributed by atoms with Crippen molar-refractivity contribution in [1.82, 2.24) is 4.31 Å². The summed E-state index contributed by atoms with van der Waals surface area (Å²) in [4.78, 5) is 12.0. The molecule has 0 bridgehead atoms. The van der Waals surface area contributed by atoms with Gasteiger partial charge in [-0.15, -0.1) is 0 Å². The molecular formula is C18H21FN2O4S. The molecule has 0 heterocycles. The summed E-state index contributed by atoms with van der Waals surface area (Å²) in [6.45, 7) is 3.32. The van der Waals surface area contributed by atoms with Crippen LogP contribution in [0.4, 0.5) is 10.1 Å². The Morgan fingerprint density at radius 2 is 1.69 bits per heavy atom. The average Bonchev–Trinajstić information content (AvgIpc) is 2.61. The number of nitrogens with zero attached hydrogens (tertiary/aromatic N) is 1. The number of hydrogen-bond acceptors (Lipinski definition) is 4. The molecule has 0 aromatic heterocycles. The van der Waals surface area contributed by atoms with E-state index in [-0.39, 0.29) is 23.4 Å². The lowest BCUT2D eigenvalue weighted by Gasteiger charge is -2.21. The van der Waals surface area contributed by atoms with Crippen molar-refractivity contribution in [2.45, 2.75) is 24.8 Å². The van der Waals surface area contributed by atoms with Gasteiger partial charge in [-0.1, -0.05) is 0 Å². The SMILES string of the molecule is CC(C)N(C)S(=O)(=O)c1ccc(NC(=O)COc2ccc(F)cc2)cc1. The van der Waals surface area contributed by atoms with Crippen LogP contribution >= 0.6 is 0 Å². The molecule has 0 radical (unpaired) electrons. The fraction of sp³-hybridized carbons (Fsp3) is 0.278.